The van der Waals surface area contributed by atoms with Gasteiger partial charge in [0.1, 0.15) is 5.76 Å². The highest BCUT2D eigenvalue weighted by molar-refractivity contribution is 7.13. The van der Waals surface area contributed by atoms with Crippen molar-refractivity contribution in [2.45, 2.75) is 0 Å². The molecule has 0 radical (unpaired) electrons. The first-order chi connectivity index (χ1) is 17.9. The third-order valence-electron chi connectivity index (χ3n) is 6.33. The summed E-state index contributed by atoms with van der Waals surface area (Å²) in [6, 6.07) is 32.7. The minimum Gasteiger partial charge on any atom is -0.464 e. The molecule has 36 heavy (non-hydrogen) atoms. The smallest absolute Gasteiger partial charge is 0.134 e. The van der Waals surface area contributed by atoms with Crippen LogP contribution in [0.3, 0.4) is 0 Å². The number of fused-ring (bicyclic) bond motifs is 2. The van der Waals surface area contributed by atoms with Gasteiger partial charge in [0.2, 0.25) is 0 Å². The van der Waals surface area contributed by atoms with E-state index in [9.17, 15) is 0 Å². The highest BCUT2D eigenvalue weighted by Gasteiger charge is 2.23. The second-order valence-corrected chi connectivity index (χ2v) is 9.42. The molecule has 0 atom stereocenters. The van der Waals surface area contributed by atoms with Crippen LogP contribution < -0.4 is 0 Å². The predicted octanol–water partition coefficient (Wildman–Crippen LogP) is 8.50. The Kier molecular flexibility index (Phi) is 4.93. The summed E-state index contributed by atoms with van der Waals surface area (Å²) in [5, 5.41) is 5.30. The average molecular weight is 482 g/mol. The maximum absolute atomic E-state index is 5.90. The monoisotopic (exact) mass is 481 g/mol. The number of benzene rings is 2. The maximum atomic E-state index is 5.90. The number of thiophene rings is 1. The van der Waals surface area contributed by atoms with Crippen LogP contribution in [0.5, 0.6) is 0 Å². The Hall–Kier alpha value is -4.61. The number of furan rings is 1. The van der Waals surface area contributed by atoms with E-state index in [1.165, 1.54) is 0 Å². The Bertz CT molecular complexity index is 1830. The fourth-order valence-electron chi connectivity index (χ4n) is 4.74. The fraction of sp³-hybridized carbons (Fsp3) is 0. The van der Waals surface area contributed by atoms with Gasteiger partial charge in [0.25, 0.3) is 0 Å². The maximum Gasteiger partial charge on any atom is 0.134 e. The molecule has 4 nitrogen and oxygen atoms in total. The second kappa shape index (κ2) is 8.56. The third-order valence-corrected chi connectivity index (χ3v) is 7.22. The molecule has 0 aliphatic rings. The minimum atomic E-state index is 0.814. The van der Waals surface area contributed by atoms with Crippen LogP contribution >= 0.6 is 11.3 Å². The van der Waals surface area contributed by atoms with Gasteiger partial charge in [-0.2, -0.15) is 0 Å². The van der Waals surface area contributed by atoms with Crippen LogP contribution in [0.2, 0.25) is 0 Å². The number of para-hydroxylation sites is 1. The van der Waals surface area contributed by atoms with Gasteiger partial charge in [0, 0.05) is 38.4 Å². The van der Waals surface area contributed by atoms with Gasteiger partial charge in [-0.3, -0.25) is 4.98 Å². The molecule has 5 heterocycles. The minimum absolute atomic E-state index is 0.814. The molecule has 5 aromatic heterocycles. The van der Waals surface area contributed by atoms with Gasteiger partial charge in [-0.25, -0.2) is 9.97 Å². The van der Waals surface area contributed by atoms with Crippen LogP contribution in [-0.4, -0.2) is 15.0 Å². The van der Waals surface area contributed by atoms with Gasteiger partial charge in [0.05, 0.1) is 34.6 Å². The van der Waals surface area contributed by atoms with E-state index in [1.54, 1.807) is 17.6 Å². The number of rotatable bonds is 4. The largest absolute Gasteiger partial charge is 0.464 e. The quantitative estimate of drug-likeness (QED) is 0.253. The molecule has 7 rings (SSSR count). The van der Waals surface area contributed by atoms with Gasteiger partial charge in [-0.05, 0) is 47.8 Å². The van der Waals surface area contributed by atoms with Gasteiger partial charge >= 0.3 is 0 Å². The molecule has 0 fully saturated rings. The Labute approximate surface area is 211 Å². The van der Waals surface area contributed by atoms with Gasteiger partial charge in [0.15, 0.2) is 0 Å². The zero-order chi connectivity index (χ0) is 23.9. The molecule has 0 bridgehead atoms. The van der Waals surface area contributed by atoms with E-state index in [-0.39, 0.29) is 0 Å². The lowest BCUT2D eigenvalue weighted by molar-refractivity contribution is 0.583. The molecular formula is C31H19N3OS. The van der Waals surface area contributed by atoms with Crippen LogP contribution in [0.15, 0.2) is 119 Å². The van der Waals surface area contributed by atoms with E-state index in [0.717, 1.165) is 66.2 Å². The van der Waals surface area contributed by atoms with Crippen molar-refractivity contribution >= 4 is 33.0 Å². The van der Waals surface area contributed by atoms with E-state index >= 15 is 0 Å². The molecule has 0 unspecified atom stereocenters. The number of aromatic nitrogens is 3. The van der Waals surface area contributed by atoms with E-state index in [1.807, 2.05) is 54.7 Å². The first-order valence-electron chi connectivity index (χ1n) is 11.7. The second-order valence-electron chi connectivity index (χ2n) is 8.47. The molecule has 7 aromatic rings. The van der Waals surface area contributed by atoms with Crippen molar-refractivity contribution < 1.29 is 4.42 Å². The Morgan fingerprint density at radius 1 is 0.667 bits per heavy atom. The molecular weight excluding hydrogens is 462 g/mol. The number of pyridine rings is 3. The summed E-state index contributed by atoms with van der Waals surface area (Å²) >= 11 is 1.70. The zero-order valence-electron chi connectivity index (χ0n) is 19.1. The van der Waals surface area contributed by atoms with Crippen molar-refractivity contribution in [1.82, 2.24) is 15.0 Å². The molecule has 2 aromatic carbocycles. The molecule has 5 heteroatoms. The molecule has 0 aliphatic heterocycles. The van der Waals surface area contributed by atoms with Crippen LogP contribution in [0.4, 0.5) is 0 Å². The van der Waals surface area contributed by atoms with Crippen LogP contribution in [0.1, 0.15) is 0 Å². The molecule has 0 saturated carbocycles. The van der Waals surface area contributed by atoms with Gasteiger partial charge in [-0.1, -0.05) is 54.6 Å². The average Bonchev–Trinajstić information content (AvgIpc) is 3.67. The third kappa shape index (κ3) is 3.41. The van der Waals surface area contributed by atoms with E-state index < -0.39 is 0 Å². The van der Waals surface area contributed by atoms with E-state index in [0.29, 0.717) is 0 Å². The standard InChI is InChI=1S/C31H19N3OS/c1-2-11-23-20(8-1)15-16-25(33-23)30-22-10-5-9-21(26-13-6-18-35-26)28(22)29(27-14-7-19-36-27)31(34-30)24-12-3-4-17-32-24/h1-19H. The first-order valence-corrected chi connectivity index (χ1v) is 12.6. The van der Waals surface area contributed by atoms with Crippen molar-refractivity contribution in [1.29, 1.82) is 0 Å². The summed E-state index contributed by atoms with van der Waals surface area (Å²) in [5.41, 5.74) is 6.30. The molecule has 0 amide bonds. The molecule has 0 N–H and O–H groups in total. The molecule has 0 saturated heterocycles. The van der Waals surface area contributed by atoms with Crippen LogP contribution in [-0.2, 0) is 0 Å². The van der Waals surface area contributed by atoms with E-state index in [4.69, 9.17) is 19.4 Å². The topological polar surface area (TPSA) is 51.8 Å². The van der Waals surface area contributed by atoms with E-state index in [2.05, 4.69) is 53.9 Å². The summed E-state index contributed by atoms with van der Waals surface area (Å²) in [4.78, 5) is 16.1. The lowest BCUT2D eigenvalue weighted by Crippen LogP contribution is -1.99. The molecule has 0 aliphatic carbocycles. The van der Waals surface area contributed by atoms with Crippen molar-refractivity contribution in [2.24, 2.45) is 0 Å². The molecule has 0 spiro atoms. The van der Waals surface area contributed by atoms with Gasteiger partial charge < -0.3 is 4.42 Å². The normalized spacial score (nSPS) is 11.3. The highest BCUT2D eigenvalue weighted by Crippen LogP contribution is 2.45. The van der Waals surface area contributed by atoms with Gasteiger partial charge in [-0.15, -0.1) is 11.3 Å². The summed E-state index contributed by atoms with van der Waals surface area (Å²) in [6.07, 6.45) is 3.53. The SMILES string of the molecule is c1ccc(-c2nc(-c3ccc4ccccc4n3)c3cccc(-c4ccco4)c3c2-c2cccs2)nc1. The van der Waals surface area contributed by atoms with Crippen molar-refractivity contribution in [3.63, 3.8) is 0 Å². The summed E-state index contributed by atoms with van der Waals surface area (Å²) in [7, 11) is 0. The summed E-state index contributed by atoms with van der Waals surface area (Å²) in [6.45, 7) is 0. The highest BCUT2D eigenvalue weighted by atomic mass is 32.1. The zero-order valence-corrected chi connectivity index (χ0v) is 19.9. The number of hydrogen-bond acceptors (Lipinski definition) is 5. The lowest BCUT2D eigenvalue weighted by Gasteiger charge is -2.17. The first kappa shape index (κ1) is 20.7. The Morgan fingerprint density at radius 3 is 2.44 bits per heavy atom. The molecule has 170 valence electrons. The van der Waals surface area contributed by atoms with Crippen molar-refractivity contribution in [2.75, 3.05) is 0 Å². The Morgan fingerprint density at radius 2 is 1.61 bits per heavy atom. The summed E-state index contributed by atoms with van der Waals surface area (Å²) in [5.74, 6) is 0.814. The van der Waals surface area contributed by atoms with Crippen LogP contribution in [0, 0.1) is 0 Å². The predicted molar refractivity (Wildman–Crippen MR) is 147 cm³/mol. The van der Waals surface area contributed by atoms with Crippen molar-refractivity contribution in [3.05, 3.63) is 115 Å². The Balaban J connectivity index is 1.65. The number of nitrogens with zero attached hydrogens (tertiary/aromatic N) is 3. The fourth-order valence-corrected chi connectivity index (χ4v) is 5.52. The van der Waals surface area contributed by atoms with Crippen LogP contribution in [0.25, 0.3) is 66.2 Å². The summed E-state index contributed by atoms with van der Waals surface area (Å²) < 4.78 is 5.90. The lowest BCUT2D eigenvalue weighted by atomic mass is 9.93. The number of hydrogen-bond donors (Lipinski definition) is 0. The van der Waals surface area contributed by atoms with Crippen molar-refractivity contribution in [3.8, 4) is 44.5 Å².